The normalized spacial score (nSPS) is 11.8. The molecule has 0 bridgehead atoms. The molecular formula is C21H13ClN2O3S. The van der Waals surface area contributed by atoms with E-state index in [1.165, 1.54) is 17.4 Å². The van der Waals surface area contributed by atoms with Crippen molar-refractivity contribution >= 4 is 50.0 Å². The minimum atomic E-state index is -0.726. The Labute approximate surface area is 168 Å². The maximum atomic E-state index is 12.8. The quantitative estimate of drug-likeness (QED) is 0.370. The number of benzene rings is 2. The third-order valence-electron chi connectivity index (χ3n) is 4.35. The Morgan fingerprint density at radius 1 is 1.32 bits per heavy atom. The van der Waals surface area contributed by atoms with E-state index in [2.05, 4.69) is 10.9 Å². The number of aromatic nitrogens is 1. The van der Waals surface area contributed by atoms with E-state index in [-0.39, 0.29) is 12.1 Å². The third kappa shape index (κ3) is 3.05. The van der Waals surface area contributed by atoms with Crippen LogP contribution in [0, 0.1) is 19.3 Å². The van der Waals surface area contributed by atoms with Gasteiger partial charge in [0.1, 0.15) is 11.1 Å². The highest BCUT2D eigenvalue weighted by molar-refractivity contribution is 7.16. The van der Waals surface area contributed by atoms with Crippen LogP contribution in [0.2, 0.25) is 5.02 Å². The van der Waals surface area contributed by atoms with E-state index >= 15 is 0 Å². The van der Waals surface area contributed by atoms with Gasteiger partial charge in [0, 0.05) is 10.4 Å². The van der Waals surface area contributed by atoms with E-state index in [1.54, 1.807) is 34.9 Å². The largest absolute Gasteiger partial charge is 0.422 e. The van der Waals surface area contributed by atoms with Gasteiger partial charge in [-0.2, -0.15) is 4.99 Å². The van der Waals surface area contributed by atoms with Crippen LogP contribution in [-0.2, 0) is 6.54 Å². The van der Waals surface area contributed by atoms with E-state index < -0.39 is 11.5 Å². The van der Waals surface area contributed by atoms with Gasteiger partial charge in [-0.1, -0.05) is 47.1 Å². The standard InChI is InChI=1S/C21H13ClN2O3S/c1-3-10-24-18-12(2)15(22)8-9-17(18)28-21(24)23-19(25)14-11-13-6-4-5-7-16(13)27-20(14)26/h1,4-9,11H,10H2,2H3. The van der Waals surface area contributed by atoms with Crippen molar-refractivity contribution in [3.63, 3.8) is 0 Å². The van der Waals surface area contributed by atoms with E-state index in [9.17, 15) is 9.59 Å². The number of carbonyl (C=O) groups excluding carboxylic acids is 1. The lowest BCUT2D eigenvalue weighted by Gasteiger charge is -2.04. The summed E-state index contributed by atoms with van der Waals surface area (Å²) in [7, 11) is 0. The van der Waals surface area contributed by atoms with Crippen LogP contribution in [0.5, 0.6) is 0 Å². The maximum Gasteiger partial charge on any atom is 0.349 e. The lowest BCUT2D eigenvalue weighted by Crippen LogP contribution is -2.19. The van der Waals surface area contributed by atoms with Gasteiger partial charge >= 0.3 is 5.63 Å². The second kappa shape index (κ2) is 7.12. The molecule has 2 heterocycles. The highest BCUT2D eigenvalue weighted by Crippen LogP contribution is 2.27. The predicted octanol–water partition coefficient (Wildman–Crippen LogP) is 4.15. The van der Waals surface area contributed by atoms with Gasteiger partial charge in [-0.05, 0) is 36.8 Å². The Balaban J connectivity index is 1.93. The molecule has 0 aliphatic heterocycles. The number of fused-ring (bicyclic) bond motifs is 2. The minimum Gasteiger partial charge on any atom is -0.422 e. The summed E-state index contributed by atoms with van der Waals surface area (Å²) in [5.74, 6) is 1.89. The van der Waals surface area contributed by atoms with Gasteiger partial charge in [-0.25, -0.2) is 4.79 Å². The molecule has 2 aromatic carbocycles. The number of aryl methyl sites for hydroxylation is 1. The number of terminal acetylenes is 1. The van der Waals surface area contributed by atoms with Gasteiger partial charge in [0.15, 0.2) is 4.80 Å². The monoisotopic (exact) mass is 408 g/mol. The molecule has 0 N–H and O–H groups in total. The van der Waals surface area contributed by atoms with Crippen molar-refractivity contribution in [3.8, 4) is 12.3 Å². The lowest BCUT2D eigenvalue weighted by atomic mass is 10.2. The van der Waals surface area contributed by atoms with Crippen LogP contribution < -0.4 is 10.4 Å². The second-order valence-electron chi connectivity index (χ2n) is 6.10. The molecule has 0 saturated carbocycles. The van der Waals surface area contributed by atoms with E-state index in [4.69, 9.17) is 22.4 Å². The summed E-state index contributed by atoms with van der Waals surface area (Å²) in [6.07, 6.45) is 5.51. The number of thiazole rings is 1. The van der Waals surface area contributed by atoms with Crippen LogP contribution in [0.1, 0.15) is 15.9 Å². The maximum absolute atomic E-state index is 12.8. The molecule has 0 atom stereocenters. The fourth-order valence-electron chi connectivity index (χ4n) is 3.00. The molecule has 0 spiro atoms. The molecule has 7 heteroatoms. The van der Waals surface area contributed by atoms with Crippen LogP contribution in [-0.4, -0.2) is 10.5 Å². The first-order valence-electron chi connectivity index (χ1n) is 8.33. The van der Waals surface area contributed by atoms with Crippen molar-refractivity contribution in [2.75, 3.05) is 0 Å². The summed E-state index contributed by atoms with van der Waals surface area (Å²) in [6.45, 7) is 2.10. The van der Waals surface area contributed by atoms with Crippen LogP contribution >= 0.6 is 22.9 Å². The molecule has 0 saturated heterocycles. The fourth-order valence-corrected chi connectivity index (χ4v) is 4.24. The zero-order chi connectivity index (χ0) is 19.8. The molecule has 138 valence electrons. The molecule has 0 aliphatic carbocycles. The average molecular weight is 409 g/mol. The van der Waals surface area contributed by atoms with Crippen LogP contribution in [0.25, 0.3) is 21.2 Å². The first-order chi connectivity index (χ1) is 13.5. The fraction of sp³-hybridized carbons (Fsp3) is 0.0952. The highest BCUT2D eigenvalue weighted by Gasteiger charge is 2.15. The molecule has 0 fully saturated rings. The molecule has 2 aromatic heterocycles. The summed E-state index contributed by atoms with van der Waals surface area (Å²) in [5.41, 5.74) is 1.24. The molecule has 4 aromatic rings. The molecular weight excluding hydrogens is 396 g/mol. The highest BCUT2D eigenvalue weighted by atomic mass is 35.5. The van der Waals surface area contributed by atoms with Crippen molar-refractivity contribution in [2.24, 2.45) is 4.99 Å². The molecule has 1 amide bonds. The van der Waals surface area contributed by atoms with Gasteiger partial charge in [-0.15, -0.1) is 6.42 Å². The molecule has 0 unspecified atom stereocenters. The molecule has 0 radical (unpaired) electrons. The number of hydrogen-bond donors (Lipinski definition) is 0. The summed E-state index contributed by atoms with van der Waals surface area (Å²) in [6, 6.07) is 12.1. The van der Waals surface area contributed by atoms with Gasteiger partial charge < -0.3 is 8.98 Å². The Morgan fingerprint density at radius 2 is 2.11 bits per heavy atom. The molecule has 5 nitrogen and oxygen atoms in total. The number of halogens is 1. The van der Waals surface area contributed by atoms with E-state index in [0.29, 0.717) is 20.8 Å². The zero-order valence-corrected chi connectivity index (χ0v) is 16.3. The Kier molecular flexibility index (Phi) is 4.63. The number of carbonyl (C=O) groups is 1. The van der Waals surface area contributed by atoms with Crippen molar-refractivity contribution in [1.29, 1.82) is 0 Å². The van der Waals surface area contributed by atoms with Gasteiger partial charge in [0.05, 0.1) is 16.8 Å². The topological polar surface area (TPSA) is 64.6 Å². The van der Waals surface area contributed by atoms with Crippen LogP contribution in [0.15, 0.2) is 56.7 Å². The van der Waals surface area contributed by atoms with Crippen molar-refractivity contribution in [3.05, 3.63) is 73.8 Å². The minimum absolute atomic E-state index is 0.127. The molecule has 28 heavy (non-hydrogen) atoms. The Hall–Kier alpha value is -3.14. The van der Waals surface area contributed by atoms with Crippen LogP contribution in [0.4, 0.5) is 0 Å². The summed E-state index contributed by atoms with van der Waals surface area (Å²) in [5, 5.41) is 1.25. The average Bonchev–Trinajstić information content (AvgIpc) is 3.02. The van der Waals surface area contributed by atoms with Crippen LogP contribution in [0.3, 0.4) is 0 Å². The van der Waals surface area contributed by atoms with Gasteiger partial charge in [0.25, 0.3) is 5.91 Å². The summed E-state index contributed by atoms with van der Waals surface area (Å²) >= 11 is 7.54. The molecule has 0 aliphatic rings. The smallest absolute Gasteiger partial charge is 0.349 e. The van der Waals surface area contributed by atoms with Crippen molar-refractivity contribution < 1.29 is 9.21 Å². The number of para-hydroxylation sites is 1. The Morgan fingerprint density at radius 3 is 2.89 bits per heavy atom. The lowest BCUT2D eigenvalue weighted by molar-refractivity contribution is 0.0994. The van der Waals surface area contributed by atoms with Crippen molar-refractivity contribution in [2.45, 2.75) is 13.5 Å². The first kappa shape index (κ1) is 18.2. The first-order valence-corrected chi connectivity index (χ1v) is 9.53. The Bertz CT molecular complexity index is 1420. The number of nitrogens with zero attached hydrogens (tertiary/aromatic N) is 2. The van der Waals surface area contributed by atoms with Gasteiger partial charge in [0.2, 0.25) is 0 Å². The third-order valence-corrected chi connectivity index (χ3v) is 5.80. The predicted molar refractivity (Wildman–Crippen MR) is 111 cm³/mol. The summed E-state index contributed by atoms with van der Waals surface area (Å²) in [4.78, 5) is 29.6. The summed E-state index contributed by atoms with van der Waals surface area (Å²) < 4.78 is 7.88. The van der Waals surface area contributed by atoms with E-state index in [0.717, 1.165) is 15.8 Å². The number of amides is 1. The number of rotatable bonds is 2. The van der Waals surface area contributed by atoms with E-state index in [1.807, 2.05) is 13.0 Å². The van der Waals surface area contributed by atoms with Crippen molar-refractivity contribution in [1.82, 2.24) is 4.57 Å². The van der Waals surface area contributed by atoms with Gasteiger partial charge in [-0.3, -0.25) is 4.79 Å². The zero-order valence-electron chi connectivity index (χ0n) is 14.7. The SMILES string of the molecule is C#CCn1c(=NC(=O)c2cc3ccccc3oc2=O)sc2ccc(Cl)c(C)c21. The molecule has 4 rings (SSSR count). The number of hydrogen-bond acceptors (Lipinski definition) is 4. The second-order valence-corrected chi connectivity index (χ2v) is 7.51.